The minimum absolute atomic E-state index is 0.0278. The van der Waals surface area contributed by atoms with Crippen molar-refractivity contribution >= 4 is 28.9 Å². The number of anilines is 1. The average Bonchev–Trinajstić information content (AvgIpc) is 3.14. The lowest BCUT2D eigenvalue weighted by atomic mass is 10.3. The molecule has 0 atom stereocenters. The van der Waals surface area contributed by atoms with Crippen LogP contribution in [-0.4, -0.2) is 29.0 Å². The summed E-state index contributed by atoms with van der Waals surface area (Å²) < 4.78 is 10.4. The van der Waals surface area contributed by atoms with Crippen LogP contribution in [0.25, 0.3) is 0 Å². The molecule has 0 radical (unpaired) electrons. The Kier molecular flexibility index (Phi) is 6.11. The number of nitrogens with one attached hydrogen (secondary N) is 1. The van der Waals surface area contributed by atoms with Crippen molar-refractivity contribution in [3.63, 3.8) is 0 Å². The summed E-state index contributed by atoms with van der Waals surface area (Å²) in [6.45, 7) is 0.0278. The third-order valence-corrected chi connectivity index (χ3v) is 4.41. The molecule has 3 aromatic rings. The first kappa shape index (κ1) is 18.5. The first-order valence-corrected chi connectivity index (χ1v) is 8.98. The maximum absolute atomic E-state index is 12.2. The van der Waals surface area contributed by atoms with Crippen molar-refractivity contribution in [1.29, 1.82) is 0 Å². The molecule has 0 saturated carbocycles. The van der Waals surface area contributed by atoms with Crippen molar-refractivity contribution < 1.29 is 19.1 Å². The normalized spacial score (nSPS) is 10.3. The molecule has 3 rings (SSSR count). The number of methoxy groups -OCH3 is 1. The van der Waals surface area contributed by atoms with E-state index in [1.807, 2.05) is 12.1 Å². The quantitative estimate of drug-likeness (QED) is 0.631. The number of hydrogen-bond acceptors (Lipinski definition) is 7. The number of aromatic nitrogens is 2. The molecule has 0 aliphatic rings. The second-order valence-corrected chi connectivity index (χ2v) is 6.39. The van der Waals surface area contributed by atoms with Crippen LogP contribution in [0.5, 0.6) is 5.75 Å². The summed E-state index contributed by atoms with van der Waals surface area (Å²) >= 11 is 1.34. The van der Waals surface area contributed by atoms with E-state index in [-0.39, 0.29) is 24.6 Å². The maximum Gasteiger partial charge on any atom is 0.357 e. The van der Waals surface area contributed by atoms with Gasteiger partial charge in [0.05, 0.1) is 24.9 Å². The molecule has 27 heavy (non-hydrogen) atoms. The number of benzene rings is 1. The van der Waals surface area contributed by atoms with E-state index in [0.29, 0.717) is 22.1 Å². The van der Waals surface area contributed by atoms with Crippen LogP contribution in [0.2, 0.25) is 0 Å². The fourth-order valence-electron chi connectivity index (χ4n) is 2.27. The van der Waals surface area contributed by atoms with Gasteiger partial charge in [0.1, 0.15) is 23.1 Å². The number of rotatable bonds is 7. The predicted molar refractivity (Wildman–Crippen MR) is 101 cm³/mol. The van der Waals surface area contributed by atoms with Gasteiger partial charge in [0.15, 0.2) is 0 Å². The lowest BCUT2D eigenvalue weighted by molar-refractivity contribution is -0.115. The largest absolute Gasteiger partial charge is 0.495 e. The molecule has 0 spiro atoms. The smallest absolute Gasteiger partial charge is 0.357 e. The van der Waals surface area contributed by atoms with Crippen molar-refractivity contribution in [2.45, 2.75) is 13.0 Å². The Morgan fingerprint density at radius 3 is 2.74 bits per heavy atom. The van der Waals surface area contributed by atoms with E-state index in [4.69, 9.17) is 9.47 Å². The fourth-order valence-corrected chi connectivity index (χ4v) is 3.05. The Bertz CT molecular complexity index is 927. The standard InChI is InChI=1S/C19H17N3O4S/c1-25-16-8-3-2-6-14(16)22-17(23)10-18-21-13(12-27-18)11-26-19(24)15-7-4-5-9-20-15/h2-9,12H,10-11H2,1H3,(H,22,23). The van der Waals surface area contributed by atoms with Crippen molar-refractivity contribution in [2.75, 3.05) is 12.4 Å². The van der Waals surface area contributed by atoms with Gasteiger partial charge in [-0.25, -0.2) is 14.8 Å². The molecule has 1 N–H and O–H groups in total. The van der Waals surface area contributed by atoms with Gasteiger partial charge in [-0.1, -0.05) is 18.2 Å². The van der Waals surface area contributed by atoms with E-state index in [0.717, 1.165) is 0 Å². The van der Waals surface area contributed by atoms with Crippen LogP contribution >= 0.6 is 11.3 Å². The molecular formula is C19H17N3O4S. The molecule has 138 valence electrons. The Hall–Kier alpha value is -3.26. The summed E-state index contributed by atoms with van der Waals surface area (Å²) in [5.74, 6) is -0.128. The summed E-state index contributed by atoms with van der Waals surface area (Å²) in [6.07, 6.45) is 1.65. The zero-order valence-corrected chi connectivity index (χ0v) is 15.4. The van der Waals surface area contributed by atoms with Gasteiger partial charge in [0, 0.05) is 11.6 Å². The summed E-state index contributed by atoms with van der Waals surface area (Å²) in [6, 6.07) is 12.2. The van der Waals surface area contributed by atoms with Crippen LogP contribution in [0.3, 0.4) is 0 Å². The van der Waals surface area contributed by atoms with Crippen LogP contribution in [0, 0.1) is 0 Å². The van der Waals surface area contributed by atoms with Crippen LogP contribution in [-0.2, 0) is 22.6 Å². The number of carbonyl (C=O) groups is 2. The number of amides is 1. The lowest BCUT2D eigenvalue weighted by Crippen LogP contribution is -2.15. The molecule has 0 aliphatic heterocycles. The van der Waals surface area contributed by atoms with Crippen LogP contribution in [0.1, 0.15) is 21.2 Å². The van der Waals surface area contributed by atoms with E-state index >= 15 is 0 Å². The van der Waals surface area contributed by atoms with Crippen molar-refractivity contribution in [1.82, 2.24) is 9.97 Å². The van der Waals surface area contributed by atoms with Gasteiger partial charge >= 0.3 is 5.97 Å². The highest BCUT2D eigenvalue weighted by Gasteiger charge is 2.13. The third-order valence-electron chi connectivity index (χ3n) is 3.52. The van der Waals surface area contributed by atoms with Gasteiger partial charge in [0.2, 0.25) is 5.91 Å². The van der Waals surface area contributed by atoms with Crippen molar-refractivity contribution in [3.05, 3.63) is 70.4 Å². The van der Waals surface area contributed by atoms with Gasteiger partial charge < -0.3 is 14.8 Å². The number of esters is 1. The third kappa shape index (κ3) is 5.11. The highest BCUT2D eigenvalue weighted by Crippen LogP contribution is 2.23. The molecule has 0 unspecified atom stereocenters. The molecule has 0 saturated heterocycles. The molecule has 1 amide bonds. The second kappa shape index (κ2) is 8.91. The first-order chi connectivity index (χ1) is 13.2. The molecule has 2 heterocycles. The number of pyridine rings is 1. The van der Waals surface area contributed by atoms with E-state index in [2.05, 4.69) is 15.3 Å². The van der Waals surface area contributed by atoms with Gasteiger partial charge in [-0.3, -0.25) is 4.79 Å². The van der Waals surface area contributed by atoms with Gasteiger partial charge in [-0.2, -0.15) is 0 Å². The predicted octanol–water partition coefficient (Wildman–Crippen LogP) is 3.08. The Morgan fingerprint density at radius 1 is 1.15 bits per heavy atom. The Morgan fingerprint density at radius 2 is 1.96 bits per heavy atom. The molecule has 1 aromatic carbocycles. The number of hydrogen-bond donors (Lipinski definition) is 1. The fraction of sp³-hybridized carbons (Fsp3) is 0.158. The zero-order valence-electron chi connectivity index (χ0n) is 14.5. The molecular weight excluding hydrogens is 366 g/mol. The van der Waals surface area contributed by atoms with Crippen molar-refractivity contribution in [3.8, 4) is 5.75 Å². The monoisotopic (exact) mass is 383 g/mol. The zero-order chi connectivity index (χ0) is 19.1. The molecule has 8 heteroatoms. The summed E-state index contributed by atoms with van der Waals surface area (Å²) in [5.41, 5.74) is 1.43. The Labute approximate surface area is 160 Å². The minimum atomic E-state index is -0.515. The minimum Gasteiger partial charge on any atom is -0.495 e. The number of ether oxygens (including phenoxy) is 2. The SMILES string of the molecule is COc1ccccc1NC(=O)Cc1nc(COC(=O)c2ccccn2)cs1. The maximum atomic E-state index is 12.2. The highest BCUT2D eigenvalue weighted by atomic mass is 32.1. The lowest BCUT2D eigenvalue weighted by Gasteiger charge is -2.08. The first-order valence-electron chi connectivity index (χ1n) is 8.10. The molecule has 2 aromatic heterocycles. The molecule has 0 aliphatic carbocycles. The number of para-hydroxylation sites is 2. The van der Waals surface area contributed by atoms with Crippen molar-refractivity contribution in [2.24, 2.45) is 0 Å². The summed E-state index contributed by atoms with van der Waals surface area (Å²) in [4.78, 5) is 32.4. The van der Waals surface area contributed by atoms with Gasteiger partial charge in [-0.05, 0) is 24.3 Å². The van der Waals surface area contributed by atoms with E-state index in [1.54, 1.807) is 42.8 Å². The second-order valence-electron chi connectivity index (χ2n) is 5.45. The summed E-state index contributed by atoms with van der Waals surface area (Å²) in [7, 11) is 1.55. The average molecular weight is 383 g/mol. The topological polar surface area (TPSA) is 90.4 Å². The van der Waals surface area contributed by atoms with E-state index in [9.17, 15) is 9.59 Å². The van der Waals surface area contributed by atoms with Gasteiger partial charge in [0.25, 0.3) is 0 Å². The van der Waals surface area contributed by atoms with Crippen LogP contribution in [0.4, 0.5) is 5.69 Å². The molecule has 0 fully saturated rings. The molecule has 7 nitrogen and oxygen atoms in total. The van der Waals surface area contributed by atoms with Gasteiger partial charge in [-0.15, -0.1) is 11.3 Å². The number of carbonyl (C=O) groups excluding carboxylic acids is 2. The Balaban J connectivity index is 1.53. The summed E-state index contributed by atoms with van der Waals surface area (Å²) in [5, 5.41) is 5.19. The molecule has 0 bridgehead atoms. The highest BCUT2D eigenvalue weighted by molar-refractivity contribution is 7.09. The van der Waals surface area contributed by atoms with E-state index in [1.165, 1.54) is 17.5 Å². The number of thiazole rings is 1. The van der Waals surface area contributed by atoms with E-state index < -0.39 is 5.97 Å². The van der Waals surface area contributed by atoms with Crippen LogP contribution in [0.15, 0.2) is 54.0 Å². The number of nitrogens with zero attached hydrogens (tertiary/aromatic N) is 2. The van der Waals surface area contributed by atoms with Crippen LogP contribution < -0.4 is 10.1 Å².